The van der Waals surface area contributed by atoms with Crippen LogP contribution in [0.1, 0.15) is 63.0 Å². The third-order valence-corrected chi connectivity index (χ3v) is 4.49. The van der Waals surface area contributed by atoms with E-state index in [1.807, 2.05) is 6.92 Å². The Hall–Kier alpha value is -0.800. The molecule has 3 heteroatoms. The van der Waals surface area contributed by atoms with Crippen LogP contribution in [0.15, 0.2) is 10.5 Å². The zero-order chi connectivity index (χ0) is 14.5. The van der Waals surface area contributed by atoms with E-state index in [-0.39, 0.29) is 0 Å². The summed E-state index contributed by atoms with van der Waals surface area (Å²) < 4.78 is 5.88. The number of furan rings is 1. The lowest BCUT2D eigenvalue weighted by Crippen LogP contribution is -2.34. The summed E-state index contributed by atoms with van der Waals surface area (Å²) in [6.45, 7) is 9.32. The number of aryl methyl sites for hydroxylation is 1. The lowest BCUT2D eigenvalue weighted by Gasteiger charge is -2.28. The summed E-state index contributed by atoms with van der Waals surface area (Å²) >= 11 is 0. The van der Waals surface area contributed by atoms with E-state index in [1.165, 1.54) is 38.6 Å². The first-order chi connectivity index (χ1) is 9.60. The van der Waals surface area contributed by atoms with Crippen molar-refractivity contribution in [3.63, 3.8) is 0 Å². The fourth-order valence-electron chi connectivity index (χ4n) is 3.15. The molecule has 3 nitrogen and oxygen atoms in total. The van der Waals surface area contributed by atoms with Crippen molar-refractivity contribution in [1.29, 1.82) is 0 Å². The first kappa shape index (κ1) is 15.6. The van der Waals surface area contributed by atoms with Gasteiger partial charge in [-0.3, -0.25) is 4.90 Å². The molecular formula is C17H30N2O. The molecule has 1 fully saturated rings. The van der Waals surface area contributed by atoms with Gasteiger partial charge in [-0.15, -0.1) is 0 Å². The topological polar surface area (TPSA) is 42.4 Å². The van der Waals surface area contributed by atoms with Crippen LogP contribution in [-0.2, 0) is 13.1 Å². The summed E-state index contributed by atoms with van der Waals surface area (Å²) in [6, 6.07) is 2.90. The highest BCUT2D eigenvalue weighted by Gasteiger charge is 2.23. The van der Waals surface area contributed by atoms with E-state index in [2.05, 4.69) is 24.8 Å². The van der Waals surface area contributed by atoms with E-state index >= 15 is 0 Å². The molecule has 1 saturated carbocycles. The maximum atomic E-state index is 5.88. The molecule has 0 aliphatic heterocycles. The molecule has 0 saturated heterocycles. The quantitative estimate of drug-likeness (QED) is 0.824. The molecule has 0 spiro atoms. The van der Waals surface area contributed by atoms with Gasteiger partial charge < -0.3 is 10.2 Å². The Morgan fingerprint density at radius 2 is 2.05 bits per heavy atom. The molecule has 0 aromatic carbocycles. The van der Waals surface area contributed by atoms with Gasteiger partial charge in [0.2, 0.25) is 0 Å². The SMILES string of the molecule is Cc1oc(CN(CCC(C)C)C2CCCC2)cc1CN. The second-order valence-corrected chi connectivity index (χ2v) is 6.59. The maximum Gasteiger partial charge on any atom is 0.118 e. The van der Waals surface area contributed by atoms with Crippen LogP contribution in [0.4, 0.5) is 0 Å². The summed E-state index contributed by atoms with van der Waals surface area (Å²) in [6.07, 6.45) is 6.73. The zero-order valence-corrected chi connectivity index (χ0v) is 13.3. The van der Waals surface area contributed by atoms with Crippen LogP contribution < -0.4 is 5.73 Å². The lowest BCUT2D eigenvalue weighted by atomic mass is 10.1. The molecule has 1 aromatic heterocycles. The summed E-state index contributed by atoms with van der Waals surface area (Å²) in [7, 11) is 0. The standard InChI is InChI=1S/C17H30N2O/c1-13(2)8-9-19(16-6-4-5-7-16)12-17-10-15(11-18)14(3)20-17/h10,13,16H,4-9,11-12,18H2,1-3H3. The third-order valence-electron chi connectivity index (χ3n) is 4.49. The Morgan fingerprint density at radius 1 is 1.35 bits per heavy atom. The zero-order valence-electron chi connectivity index (χ0n) is 13.3. The molecule has 0 amide bonds. The second-order valence-electron chi connectivity index (χ2n) is 6.59. The largest absolute Gasteiger partial charge is 0.465 e. The molecule has 0 atom stereocenters. The summed E-state index contributed by atoms with van der Waals surface area (Å²) in [5.41, 5.74) is 6.89. The Morgan fingerprint density at radius 3 is 2.60 bits per heavy atom. The molecule has 1 heterocycles. The van der Waals surface area contributed by atoms with E-state index < -0.39 is 0 Å². The van der Waals surface area contributed by atoms with Gasteiger partial charge in [0.1, 0.15) is 11.5 Å². The minimum absolute atomic E-state index is 0.574. The number of hydrogen-bond donors (Lipinski definition) is 1. The van der Waals surface area contributed by atoms with E-state index in [1.54, 1.807) is 0 Å². The molecule has 2 N–H and O–H groups in total. The van der Waals surface area contributed by atoms with Crippen LogP contribution >= 0.6 is 0 Å². The predicted molar refractivity (Wildman–Crippen MR) is 83.5 cm³/mol. The highest BCUT2D eigenvalue weighted by Crippen LogP contribution is 2.26. The van der Waals surface area contributed by atoms with Crippen LogP contribution in [0, 0.1) is 12.8 Å². The van der Waals surface area contributed by atoms with Gasteiger partial charge in [-0.2, -0.15) is 0 Å². The Kier molecular flexibility index (Phi) is 5.67. The van der Waals surface area contributed by atoms with Crippen molar-refractivity contribution in [3.05, 3.63) is 23.2 Å². The molecular weight excluding hydrogens is 248 g/mol. The van der Waals surface area contributed by atoms with Crippen molar-refractivity contribution in [2.75, 3.05) is 6.54 Å². The van der Waals surface area contributed by atoms with Crippen molar-refractivity contribution in [1.82, 2.24) is 4.90 Å². The third kappa shape index (κ3) is 4.10. The van der Waals surface area contributed by atoms with Gasteiger partial charge in [0.05, 0.1) is 6.54 Å². The van der Waals surface area contributed by atoms with Crippen molar-refractivity contribution in [2.24, 2.45) is 11.7 Å². The van der Waals surface area contributed by atoms with Crippen LogP contribution in [0.5, 0.6) is 0 Å². The average molecular weight is 278 g/mol. The maximum absolute atomic E-state index is 5.88. The number of rotatable bonds is 7. The average Bonchev–Trinajstić information content (AvgIpc) is 3.03. The van der Waals surface area contributed by atoms with E-state index in [4.69, 9.17) is 10.2 Å². The van der Waals surface area contributed by atoms with Gasteiger partial charge in [0, 0.05) is 18.2 Å². The van der Waals surface area contributed by atoms with Crippen molar-refractivity contribution < 1.29 is 4.42 Å². The molecule has 2 rings (SSSR count). The number of nitrogens with two attached hydrogens (primary N) is 1. The van der Waals surface area contributed by atoms with Gasteiger partial charge >= 0.3 is 0 Å². The van der Waals surface area contributed by atoms with Crippen LogP contribution in [0.25, 0.3) is 0 Å². The number of nitrogens with zero attached hydrogens (tertiary/aromatic N) is 1. The van der Waals surface area contributed by atoms with E-state index in [0.29, 0.717) is 6.54 Å². The van der Waals surface area contributed by atoms with Crippen LogP contribution in [0.2, 0.25) is 0 Å². The highest BCUT2D eigenvalue weighted by molar-refractivity contribution is 5.20. The minimum Gasteiger partial charge on any atom is -0.465 e. The lowest BCUT2D eigenvalue weighted by molar-refractivity contribution is 0.166. The fraction of sp³-hybridized carbons (Fsp3) is 0.765. The van der Waals surface area contributed by atoms with Crippen LogP contribution in [0.3, 0.4) is 0 Å². The van der Waals surface area contributed by atoms with Gasteiger partial charge in [0.15, 0.2) is 0 Å². The van der Waals surface area contributed by atoms with Crippen molar-refractivity contribution in [3.8, 4) is 0 Å². The van der Waals surface area contributed by atoms with Gasteiger partial charge in [-0.1, -0.05) is 26.7 Å². The minimum atomic E-state index is 0.574. The van der Waals surface area contributed by atoms with Crippen molar-refractivity contribution in [2.45, 2.75) is 72.0 Å². The number of hydrogen-bond acceptors (Lipinski definition) is 3. The summed E-state index contributed by atoms with van der Waals surface area (Å²) in [5.74, 6) is 2.83. The summed E-state index contributed by atoms with van der Waals surface area (Å²) in [5, 5.41) is 0. The second kappa shape index (κ2) is 7.28. The molecule has 20 heavy (non-hydrogen) atoms. The van der Waals surface area contributed by atoms with Gasteiger partial charge in [-0.05, 0) is 44.7 Å². The fourth-order valence-corrected chi connectivity index (χ4v) is 3.15. The first-order valence-electron chi connectivity index (χ1n) is 8.12. The molecule has 1 aliphatic rings. The van der Waals surface area contributed by atoms with Crippen LogP contribution in [-0.4, -0.2) is 17.5 Å². The molecule has 0 unspecified atom stereocenters. The normalized spacial score (nSPS) is 16.7. The summed E-state index contributed by atoms with van der Waals surface area (Å²) in [4.78, 5) is 2.63. The van der Waals surface area contributed by atoms with E-state index in [0.717, 1.165) is 35.6 Å². The highest BCUT2D eigenvalue weighted by atomic mass is 16.3. The molecule has 0 bridgehead atoms. The monoisotopic (exact) mass is 278 g/mol. The molecule has 1 aromatic rings. The van der Waals surface area contributed by atoms with Gasteiger partial charge in [0.25, 0.3) is 0 Å². The molecule has 1 aliphatic carbocycles. The molecule has 0 radical (unpaired) electrons. The van der Waals surface area contributed by atoms with Crippen molar-refractivity contribution >= 4 is 0 Å². The first-order valence-corrected chi connectivity index (χ1v) is 8.12. The van der Waals surface area contributed by atoms with E-state index in [9.17, 15) is 0 Å². The molecule has 114 valence electrons. The Labute approximate surface area is 123 Å². The Balaban J connectivity index is 2.01. The van der Waals surface area contributed by atoms with Gasteiger partial charge in [-0.25, -0.2) is 0 Å². The Bertz CT molecular complexity index is 405. The smallest absolute Gasteiger partial charge is 0.118 e. The predicted octanol–water partition coefficient (Wildman–Crippen LogP) is 3.84.